The molecule has 0 aliphatic carbocycles. The Bertz CT molecular complexity index is 461. The second-order valence-electron chi connectivity index (χ2n) is 5.50. The van der Waals surface area contributed by atoms with E-state index in [4.69, 9.17) is 0 Å². The van der Waals surface area contributed by atoms with Crippen molar-refractivity contribution in [3.63, 3.8) is 0 Å². The number of carbonyl (C=O) groups is 1. The van der Waals surface area contributed by atoms with E-state index in [2.05, 4.69) is 25.7 Å². The first-order valence-corrected chi connectivity index (χ1v) is 7.38. The first-order chi connectivity index (χ1) is 9.78. The molecule has 20 heavy (non-hydrogen) atoms. The van der Waals surface area contributed by atoms with Crippen LogP contribution in [-0.2, 0) is 0 Å². The fourth-order valence-electron chi connectivity index (χ4n) is 3.10. The highest BCUT2D eigenvalue weighted by Gasteiger charge is 2.34. The van der Waals surface area contributed by atoms with Gasteiger partial charge in [0.15, 0.2) is 11.5 Å². The highest BCUT2D eigenvalue weighted by atomic mass is 16.1. The molecule has 0 radical (unpaired) electrons. The van der Waals surface area contributed by atoms with Crippen LogP contribution >= 0.6 is 0 Å². The first kappa shape index (κ1) is 13.3. The molecule has 0 saturated carbocycles. The summed E-state index contributed by atoms with van der Waals surface area (Å²) in [6.45, 7) is 5.63. The number of nitrogens with one attached hydrogen (secondary N) is 2. The van der Waals surface area contributed by atoms with Crippen LogP contribution in [0.5, 0.6) is 0 Å². The monoisotopic (exact) mass is 275 g/mol. The van der Waals surface area contributed by atoms with E-state index in [9.17, 15) is 4.79 Å². The molecule has 0 aromatic carbocycles. The number of hydrogen-bond acceptors (Lipinski definition) is 5. The van der Waals surface area contributed by atoms with Gasteiger partial charge in [0.2, 0.25) is 0 Å². The Balaban J connectivity index is 1.67. The van der Waals surface area contributed by atoms with Gasteiger partial charge < -0.3 is 15.5 Å². The molecule has 6 nitrogen and oxygen atoms in total. The molecule has 0 bridgehead atoms. The predicted molar refractivity (Wildman–Crippen MR) is 76.8 cm³/mol. The average Bonchev–Trinajstić information content (AvgIpc) is 2.91. The number of rotatable bonds is 3. The highest BCUT2D eigenvalue weighted by molar-refractivity contribution is 5.92. The maximum Gasteiger partial charge on any atom is 0.271 e. The van der Waals surface area contributed by atoms with E-state index in [-0.39, 0.29) is 5.91 Å². The van der Waals surface area contributed by atoms with Gasteiger partial charge in [-0.25, -0.2) is 0 Å². The molecule has 2 aliphatic rings. The molecule has 1 aromatic rings. The summed E-state index contributed by atoms with van der Waals surface area (Å²) in [5.74, 6) is 1.42. The fourth-order valence-corrected chi connectivity index (χ4v) is 3.10. The summed E-state index contributed by atoms with van der Waals surface area (Å²) in [7, 11) is 0. The van der Waals surface area contributed by atoms with Crippen LogP contribution in [0.2, 0.25) is 0 Å². The van der Waals surface area contributed by atoms with Gasteiger partial charge in [-0.3, -0.25) is 4.79 Å². The molecule has 6 heteroatoms. The van der Waals surface area contributed by atoms with Crippen LogP contribution in [0.3, 0.4) is 0 Å². The Hall–Kier alpha value is -1.69. The van der Waals surface area contributed by atoms with Crippen molar-refractivity contribution in [2.75, 3.05) is 31.1 Å². The molecule has 108 valence electrons. The van der Waals surface area contributed by atoms with Crippen molar-refractivity contribution >= 4 is 11.7 Å². The number of fused-ring (bicyclic) bond motifs is 1. The van der Waals surface area contributed by atoms with Crippen molar-refractivity contribution in [2.24, 2.45) is 5.92 Å². The van der Waals surface area contributed by atoms with Crippen LogP contribution in [0.25, 0.3) is 0 Å². The largest absolute Gasteiger partial charge is 0.353 e. The normalized spacial score (nSPS) is 25.4. The summed E-state index contributed by atoms with van der Waals surface area (Å²) in [4.78, 5) is 13.9. The van der Waals surface area contributed by atoms with Crippen molar-refractivity contribution in [3.05, 3.63) is 17.8 Å². The third-order valence-corrected chi connectivity index (χ3v) is 4.14. The van der Waals surface area contributed by atoms with Crippen molar-refractivity contribution in [1.29, 1.82) is 0 Å². The van der Waals surface area contributed by atoms with E-state index in [0.29, 0.717) is 24.2 Å². The van der Waals surface area contributed by atoms with Crippen molar-refractivity contribution in [1.82, 2.24) is 20.8 Å². The smallest absolute Gasteiger partial charge is 0.271 e. The lowest BCUT2D eigenvalue weighted by molar-refractivity contribution is 0.0950. The van der Waals surface area contributed by atoms with Gasteiger partial charge in [0.25, 0.3) is 5.91 Å². The summed E-state index contributed by atoms with van der Waals surface area (Å²) < 4.78 is 0. The maximum absolute atomic E-state index is 11.6. The van der Waals surface area contributed by atoms with Crippen LogP contribution in [0.1, 0.15) is 30.3 Å². The predicted octanol–water partition coefficient (Wildman–Crippen LogP) is 0.415. The molecule has 2 N–H and O–H groups in total. The third-order valence-electron chi connectivity index (χ3n) is 4.14. The SMILES string of the molecule is CCNC(=O)c1ccc(N2C[C@@H]3CCCN[C@@H]3C2)nn1. The Morgan fingerprint density at radius 2 is 2.35 bits per heavy atom. The molecular formula is C14H21N5O. The second-order valence-corrected chi connectivity index (χ2v) is 5.50. The van der Waals surface area contributed by atoms with Crippen LogP contribution in [-0.4, -0.2) is 48.3 Å². The van der Waals surface area contributed by atoms with E-state index < -0.39 is 0 Å². The maximum atomic E-state index is 11.6. The Morgan fingerprint density at radius 3 is 3.05 bits per heavy atom. The van der Waals surface area contributed by atoms with Crippen LogP contribution < -0.4 is 15.5 Å². The van der Waals surface area contributed by atoms with Gasteiger partial charge in [-0.1, -0.05) is 0 Å². The third kappa shape index (κ3) is 2.60. The molecule has 2 atom stereocenters. The molecule has 1 aromatic heterocycles. The summed E-state index contributed by atoms with van der Waals surface area (Å²) in [5.41, 5.74) is 0.380. The minimum Gasteiger partial charge on any atom is -0.353 e. The molecule has 2 aliphatic heterocycles. The van der Waals surface area contributed by atoms with Crippen molar-refractivity contribution in [2.45, 2.75) is 25.8 Å². The van der Waals surface area contributed by atoms with E-state index >= 15 is 0 Å². The fraction of sp³-hybridized carbons (Fsp3) is 0.643. The highest BCUT2D eigenvalue weighted by Crippen LogP contribution is 2.27. The number of piperidine rings is 1. The van der Waals surface area contributed by atoms with E-state index in [1.165, 1.54) is 12.8 Å². The van der Waals surface area contributed by atoms with Crippen LogP contribution in [0.15, 0.2) is 12.1 Å². The lowest BCUT2D eigenvalue weighted by Crippen LogP contribution is -2.40. The van der Waals surface area contributed by atoms with Gasteiger partial charge in [-0.2, -0.15) is 0 Å². The van der Waals surface area contributed by atoms with E-state index in [1.807, 2.05) is 13.0 Å². The Morgan fingerprint density at radius 1 is 1.45 bits per heavy atom. The van der Waals surface area contributed by atoms with Crippen molar-refractivity contribution < 1.29 is 4.79 Å². The summed E-state index contributed by atoms with van der Waals surface area (Å²) in [5, 5.41) is 14.5. The minimum absolute atomic E-state index is 0.164. The quantitative estimate of drug-likeness (QED) is 0.836. The number of nitrogens with zero attached hydrogens (tertiary/aromatic N) is 3. The standard InChI is InChI=1S/C14H21N5O/c1-2-15-14(20)11-5-6-13(18-17-11)19-8-10-4-3-7-16-12(10)9-19/h5-6,10,12,16H,2-4,7-9H2,1H3,(H,15,20)/t10-,12+/m0/s1. The summed E-state index contributed by atoms with van der Waals surface area (Å²) >= 11 is 0. The number of aromatic nitrogens is 2. The molecular weight excluding hydrogens is 254 g/mol. The number of amides is 1. The lowest BCUT2D eigenvalue weighted by Gasteiger charge is -2.24. The number of anilines is 1. The molecule has 2 saturated heterocycles. The van der Waals surface area contributed by atoms with Crippen LogP contribution in [0.4, 0.5) is 5.82 Å². The molecule has 0 spiro atoms. The molecule has 3 heterocycles. The zero-order chi connectivity index (χ0) is 13.9. The van der Waals surface area contributed by atoms with Gasteiger partial charge in [-0.15, -0.1) is 10.2 Å². The first-order valence-electron chi connectivity index (χ1n) is 7.38. The molecule has 0 unspecified atom stereocenters. The van der Waals surface area contributed by atoms with Crippen LogP contribution in [0, 0.1) is 5.92 Å². The lowest BCUT2D eigenvalue weighted by atomic mass is 9.94. The molecule has 3 rings (SSSR count). The topological polar surface area (TPSA) is 70.2 Å². The number of carbonyl (C=O) groups excluding carboxylic acids is 1. The van der Waals surface area contributed by atoms with Gasteiger partial charge in [0.05, 0.1) is 0 Å². The Kier molecular flexibility index (Phi) is 3.82. The van der Waals surface area contributed by atoms with Gasteiger partial charge in [-0.05, 0) is 44.4 Å². The zero-order valence-corrected chi connectivity index (χ0v) is 11.8. The van der Waals surface area contributed by atoms with Crippen molar-refractivity contribution in [3.8, 4) is 0 Å². The average molecular weight is 275 g/mol. The molecule has 2 fully saturated rings. The second kappa shape index (κ2) is 5.75. The van der Waals surface area contributed by atoms with E-state index in [1.54, 1.807) is 6.07 Å². The summed E-state index contributed by atoms with van der Waals surface area (Å²) in [6.07, 6.45) is 2.55. The Labute approximate surface area is 118 Å². The minimum atomic E-state index is -0.164. The zero-order valence-electron chi connectivity index (χ0n) is 11.8. The number of hydrogen-bond donors (Lipinski definition) is 2. The summed E-state index contributed by atoms with van der Waals surface area (Å²) in [6, 6.07) is 4.23. The van der Waals surface area contributed by atoms with E-state index in [0.717, 1.165) is 25.5 Å². The van der Waals surface area contributed by atoms with Gasteiger partial charge in [0, 0.05) is 25.7 Å². The van der Waals surface area contributed by atoms with Gasteiger partial charge >= 0.3 is 0 Å². The molecule has 1 amide bonds. The van der Waals surface area contributed by atoms with Gasteiger partial charge in [0.1, 0.15) is 0 Å².